The largest absolute Gasteiger partial charge is 0.352 e. The molecule has 1 aliphatic carbocycles. The molecular weight excluding hydrogens is 360 g/mol. The molecule has 29 heavy (non-hydrogen) atoms. The summed E-state index contributed by atoms with van der Waals surface area (Å²) in [5.41, 5.74) is 1.84. The van der Waals surface area contributed by atoms with Gasteiger partial charge in [0.05, 0.1) is 5.92 Å². The van der Waals surface area contributed by atoms with Crippen LogP contribution in [0.25, 0.3) is 0 Å². The summed E-state index contributed by atoms with van der Waals surface area (Å²) >= 11 is 0. The number of carbonyl (C=O) groups excluding carboxylic acids is 2. The van der Waals surface area contributed by atoms with Gasteiger partial charge in [0.1, 0.15) is 6.04 Å². The molecule has 0 saturated heterocycles. The highest BCUT2D eigenvalue weighted by atomic mass is 16.2. The molecule has 154 valence electrons. The molecule has 2 amide bonds. The lowest BCUT2D eigenvalue weighted by Gasteiger charge is -2.25. The molecule has 1 fully saturated rings. The van der Waals surface area contributed by atoms with Gasteiger partial charge in [-0.1, -0.05) is 92.8 Å². The molecule has 0 aromatic heterocycles. The third-order valence-corrected chi connectivity index (χ3v) is 5.73. The van der Waals surface area contributed by atoms with Gasteiger partial charge in [-0.3, -0.25) is 9.59 Å². The number of hydrogen-bond donors (Lipinski definition) is 2. The number of carbonyl (C=O) groups is 2. The van der Waals surface area contributed by atoms with Crippen LogP contribution in [0.15, 0.2) is 60.7 Å². The fraction of sp³-hybridized carbons (Fsp3) is 0.440. The van der Waals surface area contributed by atoms with Crippen molar-refractivity contribution in [1.29, 1.82) is 0 Å². The van der Waals surface area contributed by atoms with E-state index in [1.54, 1.807) is 6.92 Å². The van der Waals surface area contributed by atoms with Crippen LogP contribution in [0.3, 0.4) is 0 Å². The molecule has 0 radical (unpaired) electrons. The predicted octanol–water partition coefficient (Wildman–Crippen LogP) is 4.55. The van der Waals surface area contributed by atoms with Crippen LogP contribution in [0, 0.1) is 0 Å². The maximum absolute atomic E-state index is 13.2. The molecular formula is C25H32N2O2. The van der Waals surface area contributed by atoms with Crippen LogP contribution in [0.2, 0.25) is 0 Å². The van der Waals surface area contributed by atoms with E-state index >= 15 is 0 Å². The number of rotatable bonds is 6. The Bertz CT molecular complexity index is 728. The zero-order valence-corrected chi connectivity index (χ0v) is 17.3. The van der Waals surface area contributed by atoms with Gasteiger partial charge in [-0.05, 0) is 30.9 Å². The van der Waals surface area contributed by atoms with Crippen molar-refractivity contribution in [1.82, 2.24) is 10.6 Å². The second-order valence-electron chi connectivity index (χ2n) is 8.04. The highest BCUT2D eigenvalue weighted by molar-refractivity contribution is 5.92. The first-order chi connectivity index (χ1) is 14.1. The highest BCUT2D eigenvalue weighted by Gasteiger charge is 2.26. The highest BCUT2D eigenvalue weighted by Crippen LogP contribution is 2.25. The van der Waals surface area contributed by atoms with Crippen LogP contribution in [0.4, 0.5) is 0 Å². The van der Waals surface area contributed by atoms with Gasteiger partial charge in [-0.25, -0.2) is 0 Å². The lowest BCUT2D eigenvalue weighted by molar-refractivity contribution is -0.129. The summed E-state index contributed by atoms with van der Waals surface area (Å²) in [4.78, 5) is 25.9. The summed E-state index contributed by atoms with van der Waals surface area (Å²) in [6, 6.07) is 19.1. The van der Waals surface area contributed by atoms with E-state index in [1.165, 1.54) is 19.3 Å². The van der Waals surface area contributed by atoms with E-state index in [0.29, 0.717) is 0 Å². The molecule has 4 heteroatoms. The van der Waals surface area contributed by atoms with Crippen molar-refractivity contribution in [3.63, 3.8) is 0 Å². The summed E-state index contributed by atoms with van der Waals surface area (Å²) in [6.45, 7) is 1.77. The van der Waals surface area contributed by atoms with Crippen molar-refractivity contribution in [2.24, 2.45) is 0 Å². The Morgan fingerprint density at radius 2 is 1.24 bits per heavy atom. The van der Waals surface area contributed by atoms with Gasteiger partial charge in [0.25, 0.3) is 0 Å². The topological polar surface area (TPSA) is 58.2 Å². The van der Waals surface area contributed by atoms with Crippen molar-refractivity contribution in [2.45, 2.75) is 69.9 Å². The summed E-state index contributed by atoms with van der Waals surface area (Å²) < 4.78 is 0. The molecule has 4 nitrogen and oxygen atoms in total. The Kier molecular flexibility index (Phi) is 7.85. The number of amides is 2. The summed E-state index contributed by atoms with van der Waals surface area (Å²) in [5, 5.41) is 6.10. The standard InChI is InChI=1S/C25H32N2O2/c1-19(24(28)27-22-17-11-3-2-4-12-18-22)26-25(29)23(20-13-7-5-8-14-20)21-15-9-6-10-16-21/h5-10,13-16,19,22-23H,2-4,11-12,17-18H2,1H3,(H,26,29)(H,27,28)/t19-/m0/s1. The van der Waals surface area contributed by atoms with Crippen LogP contribution < -0.4 is 10.6 Å². The normalized spacial score (nSPS) is 16.5. The molecule has 0 aliphatic heterocycles. The Morgan fingerprint density at radius 1 is 0.759 bits per heavy atom. The van der Waals surface area contributed by atoms with Crippen molar-refractivity contribution < 1.29 is 9.59 Å². The summed E-state index contributed by atoms with van der Waals surface area (Å²) in [6.07, 6.45) is 8.17. The van der Waals surface area contributed by atoms with E-state index in [0.717, 1.165) is 36.8 Å². The minimum atomic E-state index is -0.567. The van der Waals surface area contributed by atoms with Gasteiger partial charge in [-0.2, -0.15) is 0 Å². The molecule has 2 aromatic carbocycles. The Hall–Kier alpha value is -2.62. The zero-order valence-electron chi connectivity index (χ0n) is 17.3. The number of nitrogens with one attached hydrogen (secondary N) is 2. The Morgan fingerprint density at radius 3 is 1.76 bits per heavy atom. The van der Waals surface area contributed by atoms with E-state index in [9.17, 15) is 9.59 Å². The molecule has 1 aliphatic rings. The first kappa shape index (κ1) is 21.1. The second kappa shape index (κ2) is 10.8. The fourth-order valence-corrected chi connectivity index (χ4v) is 4.08. The molecule has 0 spiro atoms. The van der Waals surface area contributed by atoms with E-state index in [2.05, 4.69) is 10.6 Å². The molecule has 2 N–H and O–H groups in total. The van der Waals surface area contributed by atoms with Crippen molar-refractivity contribution in [2.75, 3.05) is 0 Å². The van der Waals surface area contributed by atoms with Crippen LogP contribution >= 0.6 is 0 Å². The van der Waals surface area contributed by atoms with Crippen molar-refractivity contribution in [3.8, 4) is 0 Å². The average Bonchev–Trinajstić information content (AvgIpc) is 2.71. The minimum Gasteiger partial charge on any atom is -0.352 e. The van der Waals surface area contributed by atoms with Gasteiger partial charge in [0.15, 0.2) is 0 Å². The lowest BCUT2D eigenvalue weighted by Crippen LogP contribution is -2.49. The first-order valence-corrected chi connectivity index (χ1v) is 10.9. The molecule has 0 bridgehead atoms. The molecule has 3 rings (SSSR count). The van der Waals surface area contributed by atoms with Gasteiger partial charge in [-0.15, -0.1) is 0 Å². The molecule has 0 unspecified atom stereocenters. The monoisotopic (exact) mass is 392 g/mol. The van der Waals surface area contributed by atoms with Crippen LogP contribution in [-0.2, 0) is 9.59 Å². The smallest absolute Gasteiger partial charge is 0.242 e. The molecule has 1 saturated carbocycles. The zero-order chi connectivity index (χ0) is 20.5. The fourth-order valence-electron chi connectivity index (χ4n) is 4.08. The SMILES string of the molecule is C[C@H](NC(=O)C(c1ccccc1)c1ccccc1)C(=O)NC1CCCCCCC1. The maximum Gasteiger partial charge on any atom is 0.242 e. The van der Waals surface area contributed by atoms with E-state index in [4.69, 9.17) is 0 Å². The summed E-state index contributed by atoms with van der Waals surface area (Å²) in [7, 11) is 0. The van der Waals surface area contributed by atoms with Gasteiger partial charge >= 0.3 is 0 Å². The minimum absolute atomic E-state index is 0.0937. The maximum atomic E-state index is 13.2. The van der Waals surface area contributed by atoms with Crippen LogP contribution in [-0.4, -0.2) is 23.9 Å². The van der Waals surface area contributed by atoms with E-state index < -0.39 is 12.0 Å². The molecule has 0 heterocycles. The summed E-state index contributed by atoms with van der Waals surface area (Å²) in [5.74, 6) is -0.680. The van der Waals surface area contributed by atoms with Crippen LogP contribution in [0.1, 0.15) is 68.9 Å². The third kappa shape index (κ3) is 6.18. The molecule has 1 atom stereocenters. The number of benzene rings is 2. The Balaban J connectivity index is 1.66. The van der Waals surface area contributed by atoms with Gasteiger partial charge < -0.3 is 10.6 Å². The first-order valence-electron chi connectivity index (χ1n) is 10.9. The van der Waals surface area contributed by atoms with E-state index in [1.807, 2.05) is 60.7 Å². The average molecular weight is 393 g/mol. The van der Waals surface area contributed by atoms with Crippen LogP contribution in [0.5, 0.6) is 0 Å². The van der Waals surface area contributed by atoms with E-state index in [-0.39, 0.29) is 17.9 Å². The third-order valence-electron chi connectivity index (χ3n) is 5.73. The second-order valence-corrected chi connectivity index (χ2v) is 8.04. The Labute approximate surface area is 174 Å². The number of hydrogen-bond acceptors (Lipinski definition) is 2. The quantitative estimate of drug-likeness (QED) is 0.757. The van der Waals surface area contributed by atoms with Crippen molar-refractivity contribution in [3.05, 3.63) is 71.8 Å². The molecule has 2 aromatic rings. The lowest BCUT2D eigenvalue weighted by atomic mass is 9.90. The van der Waals surface area contributed by atoms with Crippen molar-refractivity contribution >= 4 is 11.8 Å². The van der Waals surface area contributed by atoms with Gasteiger partial charge in [0, 0.05) is 6.04 Å². The predicted molar refractivity (Wildman–Crippen MR) is 117 cm³/mol. The van der Waals surface area contributed by atoms with Gasteiger partial charge in [0.2, 0.25) is 11.8 Å².